The molecule has 16 heavy (non-hydrogen) atoms. The van der Waals surface area contributed by atoms with Crippen LogP contribution in [0.1, 0.15) is 36.5 Å². The number of aryl methyl sites for hydroxylation is 1. The minimum atomic E-state index is 0.652. The van der Waals surface area contributed by atoms with Crippen molar-refractivity contribution in [3.63, 3.8) is 0 Å². The fraction of sp³-hybridized carbons (Fsp3) is 0.667. The first-order chi connectivity index (χ1) is 7.86. The SMILES string of the molecule is CNCCCc1nc(C#N)c2n1CCCC2. The number of hydrogen-bond acceptors (Lipinski definition) is 3. The van der Waals surface area contributed by atoms with Gasteiger partial charge >= 0.3 is 0 Å². The van der Waals surface area contributed by atoms with Gasteiger partial charge in [-0.2, -0.15) is 5.26 Å². The summed E-state index contributed by atoms with van der Waals surface area (Å²) in [6.45, 7) is 2.04. The molecule has 4 nitrogen and oxygen atoms in total. The molecule has 1 aromatic rings. The molecule has 0 unspecified atom stereocenters. The Hall–Kier alpha value is -1.34. The van der Waals surface area contributed by atoms with Crippen LogP contribution < -0.4 is 5.32 Å². The number of nitrogens with one attached hydrogen (secondary N) is 1. The second-order valence-corrected chi connectivity index (χ2v) is 4.25. The average molecular weight is 218 g/mol. The van der Waals surface area contributed by atoms with E-state index in [-0.39, 0.29) is 0 Å². The fourth-order valence-corrected chi connectivity index (χ4v) is 2.32. The van der Waals surface area contributed by atoms with Gasteiger partial charge in [0.05, 0.1) is 5.69 Å². The molecule has 0 aromatic carbocycles. The Morgan fingerprint density at radius 1 is 1.50 bits per heavy atom. The van der Waals surface area contributed by atoms with Gasteiger partial charge in [-0.15, -0.1) is 0 Å². The molecule has 0 fully saturated rings. The van der Waals surface area contributed by atoms with Crippen molar-refractivity contribution in [1.29, 1.82) is 5.26 Å². The predicted molar refractivity (Wildman–Crippen MR) is 62.1 cm³/mol. The molecule has 0 bridgehead atoms. The second kappa shape index (κ2) is 5.13. The van der Waals surface area contributed by atoms with Crippen LogP contribution in [0, 0.1) is 11.3 Å². The van der Waals surface area contributed by atoms with Crippen LogP contribution in [0.3, 0.4) is 0 Å². The molecule has 0 atom stereocenters. The summed E-state index contributed by atoms with van der Waals surface area (Å²) in [4.78, 5) is 4.46. The zero-order valence-electron chi connectivity index (χ0n) is 9.79. The lowest BCUT2D eigenvalue weighted by molar-refractivity contribution is 0.509. The van der Waals surface area contributed by atoms with Crippen molar-refractivity contribution in [1.82, 2.24) is 14.9 Å². The van der Waals surface area contributed by atoms with Gasteiger partial charge in [-0.3, -0.25) is 0 Å². The number of fused-ring (bicyclic) bond motifs is 1. The molecule has 1 aliphatic rings. The fourth-order valence-electron chi connectivity index (χ4n) is 2.32. The van der Waals surface area contributed by atoms with Gasteiger partial charge in [0.2, 0.25) is 0 Å². The smallest absolute Gasteiger partial charge is 0.161 e. The van der Waals surface area contributed by atoms with Crippen LogP contribution in [0.5, 0.6) is 0 Å². The van der Waals surface area contributed by atoms with Gasteiger partial charge in [-0.1, -0.05) is 0 Å². The van der Waals surface area contributed by atoms with Crippen molar-refractivity contribution in [2.75, 3.05) is 13.6 Å². The third-order valence-electron chi connectivity index (χ3n) is 3.13. The first kappa shape index (κ1) is 11.2. The highest BCUT2D eigenvalue weighted by Gasteiger charge is 2.18. The van der Waals surface area contributed by atoms with E-state index in [0.717, 1.165) is 43.9 Å². The van der Waals surface area contributed by atoms with Crippen LogP contribution in [0.25, 0.3) is 0 Å². The first-order valence-electron chi connectivity index (χ1n) is 5.99. The third-order valence-corrected chi connectivity index (χ3v) is 3.13. The van der Waals surface area contributed by atoms with Crippen molar-refractivity contribution in [3.05, 3.63) is 17.2 Å². The Bertz CT molecular complexity index is 400. The Balaban J connectivity index is 2.18. The molecule has 86 valence electrons. The van der Waals surface area contributed by atoms with E-state index < -0.39 is 0 Å². The number of imidazole rings is 1. The molecule has 2 rings (SSSR count). The number of nitriles is 1. The highest BCUT2D eigenvalue weighted by atomic mass is 15.1. The largest absolute Gasteiger partial charge is 0.331 e. The Morgan fingerprint density at radius 2 is 2.38 bits per heavy atom. The summed E-state index contributed by atoms with van der Waals surface area (Å²) >= 11 is 0. The average Bonchev–Trinajstić information content (AvgIpc) is 2.68. The van der Waals surface area contributed by atoms with E-state index in [1.807, 2.05) is 7.05 Å². The van der Waals surface area contributed by atoms with E-state index >= 15 is 0 Å². The van der Waals surface area contributed by atoms with E-state index in [2.05, 4.69) is 20.9 Å². The Morgan fingerprint density at radius 3 is 3.12 bits per heavy atom. The lowest BCUT2D eigenvalue weighted by Gasteiger charge is -2.16. The first-order valence-corrected chi connectivity index (χ1v) is 5.99. The molecular formula is C12H18N4. The van der Waals surface area contributed by atoms with Crippen molar-refractivity contribution in [3.8, 4) is 6.07 Å². The monoisotopic (exact) mass is 218 g/mol. The number of nitrogens with zero attached hydrogens (tertiary/aromatic N) is 3. The third kappa shape index (κ3) is 2.10. The quantitative estimate of drug-likeness (QED) is 0.774. The van der Waals surface area contributed by atoms with Crippen molar-refractivity contribution in [2.24, 2.45) is 0 Å². The zero-order chi connectivity index (χ0) is 11.4. The lowest BCUT2D eigenvalue weighted by Crippen LogP contribution is -2.15. The topological polar surface area (TPSA) is 53.6 Å². The van der Waals surface area contributed by atoms with Gasteiger partial charge in [-0.25, -0.2) is 4.98 Å². The molecule has 0 saturated heterocycles. The number of aromatic nitrogens is 2. The molecule has 0 radical (unpaired) electrons. The van der Waals surface area contributed by atoms with Crippen LogP contribution in [-0.2, 0) is 19.4 Å². The van der Waals surface area contributed by atoms with E-state index in [1.165, 1.54) is 12.8 Å². The minimum Gasteiger partial charge on any atom is -0.331 e. The Kier molecular flexibility index (Phi) is 3.58. The number of hydrogen-bond donors (Lipinski definition) is 1. The van der Waals surface area contributed by atoms with Crippen LogP contribution in [0.4, 0.5) is 0 Å². The highest BCUT2D eigenvalue weighted by molar-refractivity contribution is 5.30. The molecule has 0 amide bonds. The molecule has 1 aliphatic heterocycles. The van der Waals surface area contributed by atoms with E-state index in [1.54, 1.807) is 0 Å². The summed E-state index contributed by atoms with van der Waals surface area (Å²) in [6, 6.07) is 2.22. The predicted octanol–water partition coefficient (Wildman–Crippen LogP) is 1.24. The maximum atomic E-state index is 9.04. The van der Waals surface area contributed by atoms with Gasteiger partial charge < -0.3 is 9.88 Å². The van der Waals surface area contributed by atoms with Crippen molar-refractivity contribution in [2.45, 2.75) is 38.6 Å². The van der Waals surface area contributed by atoms with Gasteiger partial charge in [0.15, 0.2) is 5.69 Å². The molecule has 0 spiro atoms. The van der Waals surface area contributed by atoms with Gasteiger partial charge in [0.1, 0.15) is 11.9 Å². The maximum Gasteiger partial charge on any atom is 0.161 e. The molecule has 1 aromatic heterocycles. The number of rotatable bonds is 4. The molecule has 2 heterocycles. The Labute approximate surface area is 96.3 Å². The second-order valence-electron chi connectivity index (χ2n) is 4.25. The van der Waals surface area contributed by atoms with E-state index in [4.69, 9.17) is 5.26 Å². The lowest BCUT2D eigenvalue weighted by atomic mass is 10.1. The molecule has 4 heteroatoms. The molecule has 0 aliphatic carbocycles. The van der Waals surface area contributed by atoms with Crippen LogP contribution in [0.15, 0.2) is 0 Å². The van der Waals surface area contributed by atoms with Crippen LogP contribution >= 0.6 is 0 Å². The van der Waals surface area contributed by atoms with Gasteiger partial charge in [0, 0.05) is 13.0 Å². The summed E-state index contributed by atoms with van der Waals surface area (Å²) in [5, 5.41) is 12.2. The standard InChI is InChI=1S/C12H18N4/c1-14-7-4-6-12-15-10(9-13)11-5-2-3-8-16(11)12/h14H,2-8H2,1H3. The molecule has 0 saturated carbocycles. The van der Waals surface area contributed by atoms with Gasteiger partial charge in [0.25, 0.3) is 0 Å². The summed E-state index contributed by atoms with van der Waals surface area (Å²) < 4.78 is 2.26. The summed E-state index contributed by atoms with van der Waals surface area (Å²) in [7, 11) is 1.96. The normalized spacial score (nSPS) is 14.5. The van der Waals surface area contributed by atoms with Crippen LogP contribution in [-0.4, -0.2) is 23.1 Å². The summed E-state index contributed by atoms with van der Waals surface area (Å²) in [5.74, 6) is 1.10. The van der Waals surface area contributed by atoms with E-state index in [0.29, 0.717) is 5.69 Å². The highest BCUT2D eigenvalue weighted by Crippen LogP contribution is 2.21. The molecule has 1 N–H and O–H groups in total. The van der Waals surface area contributed by atoms with E-state index in [9.17, 15) is 0 Å². The minimum absolute atomic E-state index is 0.652. The van der Waals surface area contributed by atoms with Crippen molar-refractivity contribution < 1.29 is 0 Å². The molecular weight excluding hydrogens is 200 g/mol. The zero-order valence-corrected chi connectivity index (χ0v) is 9.79. The maximum absolute atomic E-state index is 9.04. The van der Waals surface area contributed by atoms with Crippen LogP contribution in [0.2, 0.25) is 0 Å². The van der Waals surface area contributed by atoms with Gasteiger partial charge in [-0.05, 0) is 39.3 Å². The van der Waals surface area contributed by atoms with Crippen molar-refractivity contribution >= 4 is 0 Å². The summed E-state index contributed by atoms with van der Waals surface area (Å²) in [6.07, 6.45) is 5.47. The summed E-state index contributed by atoms with van der Waals surface area (Å²) in [5.41, 5.74) is 1.81.